The molecule has 0 aromatic carbocycles. The van der Waals surface area contributed by atoms with Gasteiger partial charge in [-0.1, -0.05) is 0 Å². The van der Waals surface area contributed by atoms with Crippen molar-refractivity contribution in [1.82, 2.24) is 0 Å². The third kappa shape index (κ3) is 1.79. The van der Waals surface area contributed by atoms with Gasteiger partial charge in [-0.15, -0.1) is 0 Å². The van der Waals surface area contributed by atoms with Crippen molar-refractivity contribution in [3.05, 3.63) is 11.8 Å². The number of carbonyl (C=O) groups excluding carboxylic acids is 1. The molecule has 1 aliphatic carbocycles. The highest BCUT2D eigenvalue weighted by Gasteiger charge is 2.15. The number of halogens is 2. The Labute approximate surface area is 56.5 Å². The van der Waals surface area contributed by atoms with Crippen LogP contribution in [-0.2, 0) is 9.53 Å². The highest BCUT2D eigenvalue weighted by molar-refractivity contribution is 5.92. The van der Waals surface area contributed by atoms with E-state index in [1.807, 2.05) is 0 Å². The molecule has 0 aromatic rings. The van der Waals surface area contributed by atoms with E-state index in [2.05, 4.69) is 4.74 Å². The van der Waals surface area contributed by atoms with Crippen LogP contribution in [0.4, 0.5) is 8.78 Å². The smallest absolute Gasteiger partial charge is 0.387 e. The van der Waals surface area contributed by atoms with E-state index in [1.165, 1.54) is 0 Å². The van der Waals surface area contributed by atoms with Crippen LogP contribution in [0.25, 0.3) is 0 Å². The van der Waals surface area contributed by atoms with Gasteiger partial charge in [-0.05, 0) is 0 Å². The summed E-state index contributed by atoms with van der Waals surface area (Å²) in [4.78, 5) is 10.4. The minimum absolute atomic E-state index is 0.0972. The molecule has 1 aliphatic rings. The summed E-state index contributed by atoms with van der Waals surface area (Å²) >= 11 is 0. The van der Waals surface area contributed by atoms with Crippen molar-refractivity contribution in [1.29, 1.82) is 0 Å². The van der Waals surface area contributed by atoms with Crippen molar-refractivity contribution in [2.75, 3.05) is 0 Å². The third-order valence-corrected chi connectivity index (χ3v) is 1.18. The summed E-state index contributed by atoms with van der Waals surface area (Å²) < 4.78 is 26.9. The quantitative estimate of drug-likeness (QED) is 0.592. The van der Waals surface area contributed by atoms with Gasteiger partial charge in [0.05, 0.1) is 0 Å². The van der Waals surface area contributed by atoms with Gasteiger partial charge in [-0.3, -0.25) is 4.79 Å². The average Bonchev–Trinajstić information content (AvgIpc) is 2.13. The predicted molar refractivity (Wildman–Crippen MR) is 29.4 cm³/mol. The zero-order valence-corrected chi connectivity index (χ0v) is 5.14. The van der Waals surface area contributed by atoms with Crippen LogP contribution in [0, 0.1) is 0 Å². The molecule has 0 saturated heterocycles. The molecular formula is C6H6F2O2. The minimum atomic E-state index is -2.81. The maximum absolute atomic E-state index is 11.4. The molecule has 56 valence electrons. The number of alkyl halides is 2. The SMILES string of the molecule is O=C1C=C(OC(F)F)CC1. The molecule has 2 nitrogen and oxygen atoms in total. The first-order chi connectivity index (χ1) is 4.68. The van der Waals surface area contributed by atoms with Crippen LogP contribution >= 0.6 is 0 Å². The van der Waals surface area contributed by atoms with Crippen molar-refractivity contribution in [2.24, 2.45) is 0 Å². The molecule has 0 aliphatic heterocycles. The first kappa shape index (κ1) is 7.18. The molecule has 0 aromatic heterocycles. The minimum Gasteiger partial charge on any atom is -0.439 e. The molecule has 0 N–H and O–H groups in total. The van der Waals surface area contributed by atoms with Crippen LogP contribution in [0.1, 0.15) is 12.8 Å². The second-order valence-corrected chi connectivity index (χ2v) is 1.96. The molecule has 0 amide bonds. The van der Waals surface area contributed by atoms with Gasteiger partial charge >= 0.3 is 6.61 Å². The van der Waals surface area contributed by atoms with Gasteiger partial charge in [-0.2, -0.15) is 8.78 Å². The number of hydrogen-bond donors (Lipinski definition) is 0. The summed E-state index contributed by atoms with van der Waals surface area (Å²) in [5, 5.41) is 0. The lowest BCUT2D eigenvalue weighted by atomic mass is 10.3. The number of ketones is 1. The Bertz CT molecular complexity index is 175. The number of rotatable bonds is 2. The summed E-state index contributed by atoms with van der Waals surface area (Å²) in [5.41, 5.74) is 0. The van der Waals surface area contributed by atoms with E-state index < -0.39 is 6.61 Å². The second kappa shape index (κ2) is 2.77. The van der Waals surface area contributed by atoms with Crippen LogP contribution < -0.4 is 0 Å². The largest absolute Gasteiger partial charge is 0.439 e. The molecular weight excluding hydrogens is 142 g/mol. The van der Waals surface area contributed by atoms with Gasteiger partial charge < -0.3 is 4.74 Å². The number of allylic oxidation sites excluding steroid dienone is 2. The fourth-order valence-corrected chi connectivity index (χ4v) is 0.778. The van der Waals surface area contributed by atoms with Gasteiger partial charge in [0.2, 0.25) is 0 Å². The molecule has 1 rings (SSSR count). The standard InChI is InChI=1S/C6H6F2O2/c7-6(8)10-5-2-1-4(9)3-5/h3,6H,1-2H2. The Morgan fingerprint density at radius 2 is 2.20 bits per heavy atom. The lowest BCUT2D eigenvalue weighted by Crippen LogP contribution is -1.96. The Kier molecular flexibility index (Phi) is 1.99. The van der Waals surface area contributed by atoms with Crippen molar-refractivity contribution < 1.29 is 18.3 Å². The fourth-order valence-electron chi connectivity index (χ4n) is 0.778. The van der Waals surface area contributed by atoms with Crippen molar-refractivity contribution in [3.63, 3.8) is 0 Å². The Balaban J connectivity index is 2.43. The zero-order valence-electron chi connectivity index (χ0n) is 5.14. The number of ether oxygens (including phenoxy) is 1. The molecule has 10 heavy (non-hydrogen) atoms. The van der Waals surface area contributed by atoms with E-state index in [4.69, 9.17) is 0 Å². The molecule has 0 heterocycles. The number of hydrogen-bond acceptors (Lipinski definition) is 2. The summed E-state index contributed by atoms with van der Waals surface area (Å²) in [6, 6.07) is 0. The van der Waals surface area contributed by atoms with E-state index >= 15 is 0 Å². The van der Waals surface area contributed by atoms with Gasteiger partial charge in [0.1, 0.15) is 5.76 Å². The van der Waals surface area contributed by atoms with Crippen LogP contribution in [0.5, 0.6) is 0 Å². The molecule has 0 bridgehead atoms. The number of carbonyl (C=O) groups is 1. The first-order valence-electron chi connectivity index (χ1n) is 2.86. The molecule has 0 fully saturated rings. The van der Waals surface area contributed by atoms with E-state index in [1.54, 1.807) is 0 Å². The van der Waals surface area contributed by atoms with E-state index in [0.29, 0.717) is 12.8 Å². The maximum atomic E-state index is 11.4. The lowest BCUT2D eigenvalue weighted by molar-refractivity contribution is -0.114. The Hall–Kier alpha value is -0.930. The highest BCUT2D eigenvalue weighted by Crippen LogP contribution is 2.18. The molecule has 4 heteroatoms. The summed E-state index contributed by atoms with van der Waals surface area (Å²) in [6.45, 7) is -2.81. The maximum Gasteiger partial charge on any atom is 0.387 e. The lowest BCUT2D eigenvalue weighted by Gasteiger charge is -2.01. The van der Waals surface area contributed by atoms with Gasteiger partial charge in [0.25, 0.3) is 0 Å². The predicted octanol–water partition coefficient (Wildman–Crippen LogP) is 1.47. The normalized spacial score (nSPS) is 17.9. The van der Waals surface area contributed by atoms with Gasteiger partial charge in [0.15, 0.2) is 5.78 Å². The zero-order chi connectivity index (χ0) is 7.56. The van der Waals surface area contributed by atoms with Gasteiger partial charge in [0, 0.05) is 18.9 Å². The molecule has 0 spiro atoms. The monoisotopic (exact) mass is 148 g/mol. The Morgan fingerprint density at radius 1 is 1.50 bits per heavy atom. The van der Waals surface area contributed by atoms with Crippen molar-refractivity contribution in [3.8, 4) is 0 Å². The summed E-state index contributed by atoms with van der Waals surface area (Å²) in [5.74, 6) is -0.0457. The summed E-state index contributed by atoms with van der Waals surface area (Å²) in [6.07, 6.45) is 1.72. The molecule has 0 unspecified atom stereocenters. The molecule has 0 radical (unpaired) electrons. The van der Waals surface area contributed by atoms with E-state index in [9.17, 15) is 13.6 Å². The Morgan fingerprint density at radius 3 is 2.60 bits per heavy atom. The van der Waals surface area contributed by atoms with Crippen LogP contribution in [0.2, 0.25) is 0 Å². The third-order valence-electron chi connectivity index (χ3n) is 1.18. The fraction of sp³-hybridized carbons (Fsp3) is 0.500. The first-order valence-corrected chi connectivity index (χ1v) is 2.86. The van der Waals surface area contributed by atoms with Crippen LogP contribution in [0.3, 0.4) is 0 Å². The highest BCUT2D eigenvalue weighted by atomic mass is 19.3. The molecule has 0 saturated carbocycles. The van der Waals surface area contributed by atoms with Crippen molar-refractivity contribution in [2.45, 2.75) is 19.5 Å². The summed E-state index contributed by atoms with van der Waals surface area (Å²) in [7, 11) is 0. The molecule has 0 atom stereocenters. The van der Waals surface area contributed by atoms with E-state index in [-0.39, 0.29) is 11.5 Å². The van der Waals surface area contributed by atoms with Crippen LogP contribution in [0.15, 0.2) is 11.8 Å². The van der Waals surface area contributed by atoms with Crippen LogP contribution in [-0.4, -0.2) is 12.4 Å². The van der Waals surface area contributed by atoms with E-state index in [0.717, 1.165) is 6.08 Å². The van der Waals surface area contributed by atoms with Gasteiger partial charge in [-0.25, -0.2) is 0 Å². The van der Waals surface area contributed by atoms with Crippen molar-refractivity contribution >= 4 is 5.78 Å². The second-order valence-electron chi connectivity index (χ2n) is 1.96. The average molecular weight is 148 g/mol. The topological polar surface area (TPSA) is 26.3 Å².